The van der Waals surface area contributed by atoms with Crippen LogP contribution in [-0.4, -0.2) is 34.3 Å². The van der Waals surface area contributed by atoms with Crippen molar-refractivity contribution >= 4 is 23.4 Å². The fourth-order valence-corrected chi connectivity index (χ4v) is 2.24. The highest BCUT2D eigenvalue weighted by Crippen LogP contribution is 2.31. The molecule has 0 fully saturated rings. The Labute approximate surface area is 127 Å². The molecule has 0 aromatic carbocycles. The second-order valence-corrected chi connectivity index (χ2v) is 5.95. The second-order valence-electron chi connectivity index (χ2n) is 4.79. The molecule has 1 aromatic heterocycles. The number of aromatic nitrogens is 2. The molecule has 0 atom stereocenters. The van der Waals surface area contributed by atoms with E-state index in [1.807, 2.05) is 13.8 Å². The zero-order valence-corrected chi connectivity index (χ0v) is 13.2. The van der Waals surface area contributed by atoms with Crippen LogP contribution in [0, 0.1) is 0 Å². The molecule has 0 saturated carbocycles. The summed E-state index contributed by atoms with van der Waals surface area (Å²) in [5.74, 6) is 1.46. The lowest BCUT2D eigenvalue weighted by Crippen LogP contribution is -2.14. The van der Waals surface area contributed by atoms with Crippen molar-refractivity contribution in [1.29, 1.82) is 0 Å². The molecular weight excluding hydrogens is 301 g/mol. The van der Waals surface area contributed by atoms with Gasteiger partial charge >= 0.3 is 5.51 Å². The molecule has 21 heavy (non-hydrogen) atoms. The van der Waals surface area contributed by atoms with Gasteiger partial charge < -0.3 is 10.6 Å². The predicted octanol–water partition coefficient (Wildman–Crippen LogP) is 4.09. The van der Waals surface area contributed by atoms with Crippen LogP contribution >= 0.6 is 11.8 Å². The summed E-state index contributed by atoms with van der Waals surface area (Å²) in [6.45, 7) is 7.06. The Morgan fingerprint density at radius 2 is 1.71 bits per heavy atom. The summed E-state index contributed by atoms with van der Waals surface area (Å²) in [5.41, 5.74) is -3.29. The minimum Gasteiger partial charge on any atom is -0.370 e. The van der Waals surface area contributed by atoms with E-state index in [0.29, 0.717) is 5.82 Å². The maximum Gasteiger partial charge on any atom is 0.441 e. The van der Waals surface area contributed by atoms with Crippen molar-refractivity contribution in [1.82, 2.24) is 9.97 Å². The van der Waals surface area contributed by atoms with Gasteiger partial charge in [-0.05, 0) is 24.1 Å². The van der Waals surface area contributed by atoms with E-state index in [2.05, 4.69) is 27.5 Å². The minimum absolute atomic E-state index is 0.0364. The second kappa shape index (κ2) is 8.31. The Bertz CT molecular complexity index is 438. The van der Waals surface area contributed by atoms with Crippen LogP contribution in [0.1, 0.15) is 38.7 Å². The van der Waals surface area contributed by atoms with E-state index in [4.69, 9.17) is 0 Å². The summed E-state index contributed by atoms with van der Waals surface area (Å²) in [5, 5.41) is 6.20. The highest BCUT2D eigenvalue weighted by molar-refractivity contribution is 8.00. The topological polar surface area (TPSA) is 49.8 Å². The van der Waals surface area contributed by atoms with E-state index < -0.39 is 5.51 Å². The normalized spacial score (nSPS) is 11.8. The van der Waals surface area contributed by atoms with Gasteiger partial charge in [0.25, 0.3) is 0 Å². The van der Waals surface area contributed by atoms with E-state index in [9.17, 15) is 13.2 Å². The zero-order chi connectivity index (χ0) is 15.9. The first-order valence-electron chi connectivity index (χ1n) is 6.88. The van der Waals surface area contributed by atoms with Crippen molar-refractivity contribution in [2.24, 2.45) is 0 Å². The molecule has 0 amide bonds. The van der Waals surface area contributed by atoms with E-state index in [1.165, 1.54) is 6.33 Å². The van der Waals surface area contributed by atoms with E-state index in [-0.39, 0.29) is 30.0 Å². The zero-order valence-electron chi connectivity index (χ0n) is 12.4. The first-order valence-corrected chi connectivity index (χ1v) is 7.87. The third-order valence-electron chi connectivity index (χ3n) is 2.66. The van der Waals surface area contributed by atoms with Gasteiger partial charge in [-0.3, -0.25) is 0 Å². The molecule has 0 unspecified atom stereocenters. The van der Waals surface area contributed by atoms with Crippen LogP contribution in [-0.2, 0) is 0 Å². The molecule has 1 aromatic rings. The average Bonchev–Trinajstić information content (AvgIpc) is 2.40. The monoisotopic (exact) mass is 322 g/mol. The molecule has 0 aliphatic heterocycles. The van der Waals surface area contributed by atoms with Crippen LogP contribution in [0.4, 0.5) is 24.8 Å². The smallest absolute Gasteiger partial charge is 0.370 e. The lowest BCUT2D eigenvalue weighted by Gasteiger charge is -2.17. The number of hydrogen-bond acceptors (Lipinski definition) is 5. The van der Waals surface area contributed by atoms with Gasteiger partial charge in [-0.2, -0.15) is 13.2 Å². The lowest BCUT2D eigenvalue weighted by atomic mass is 10.0. The summed E-state index contributed by atoms with van der Waals surface area (Å²) in [4.78, 5) is 8.37. The van der Waals surface area contributed by atoms with E-state index >= 15 is 0 Å². The van der Waals surface area contributed by atoms with Crippen molar-refractivity contribution in [3.05, 3.63) is 11.9 Å². The van der Waals surface area contributed by atoms with Crippen LogP contribution in [0.2, 0.25) is 0 Å². The molecule has 0 bridgehead atoms. The summed E-state index contributed by atoms with van der Waals surface area (Å²) in [6, 6.07) is 0. The van der Waals surface area contributed by atoms with Crippen molar-refractivity contribution in [3.63, 3.8) is 0 Å². The van der Waals surface area contributed by atoms with Gasteiger partial charge in [0.2, 0.25) is 0 Å². The summed E-state index contributed by atoms with van der Waals surface area (Å²) < 4.78 is 36.3. The predicted molar refractivity (Wildman–Crippen MR) is 81.9 cm³/mol. The van der Waals surface area contributed by atoms with E-state index in [1.54, 1.807) is 0 Å². The molecule has 0 radical (unpaired) electrons. The third kappa shape index (κ3) is 6.41. The maximum absolute atomic E-state index is 12.1. The Morgan fingerprint density at radius 3 is 2.19 bits per heavy atom. The number of anilines is 2. The molecular formula is C13H21F3N4S. The standard InChI is InChI=1S/C13H21F3N4S/c1-4-5-17-11-10(9(2)3)12(20-8-19-11)18-6-7-21-13(14,15)16/h8-9H,4-7H2,1-3H3,(H2,17,18,19,20). The first-order chi connectivity index (χ1) is 9.85. The summed E-state index contributed by atoms with van der Waals surface area (Å²) >= 11 is -0.0364. The first kappa shape index (κ1) is 17.9. The SMILES string of the molecule is CCCNc1ncnc(NCCSC(F)(F)F)c1C(C)C. The van der Waals surface area contributed by atoms with Gasteiger partial charge in [0.15, 0.2) is 0 Å². The van der Waals surface area contributed by atoms with Crippen molar-refractivity contribution in [2.45, 2.75) is 38.6 Å². The molecule has 1 heterocycles. The number of alkyl halides is 3. The van der Waals surface area contributed by atoms with Crippen LogP contribution in [0.25, 0.3) is 0 Å². The number of nitrogens with zero attached hydrogens (tertiary/aromatic N) is 2. The minimum atomic E-state index is -4.19. The summed E-state index contributed by atoms with van der Waals surface area (Å²) in [7, 11) is 0. The van der Waals surface area contributed by atoms with E-state index in [0.717, 1.165) is 24.3 Å². The number of rotatable bonds is 8. The van der Waals surface area contributed by atoms with Gasteiger partial charge in [-0.1, -0.05) is 20.8 Å². The molecule has 4 nitrogen and oxygen atoms in total. The number of thioether (sulfide) groups is 1. The fraction of sp³-hybridized carbons (Fsp3) is 0.692. The van der Waals surface area contributed by atoms with Crippen molar-refractivity contribution < 1.29 is 13.2 Å². The van der Waals surface area contributed by atoms with Crippen molar-refractivity contribution in [2.75, 3.05) is 29.5 Å². The quantitative estimate of drug-likeness (QED) is 0.706. The molecule has 8 heteroatoms. The third-order valence-corrected chi connectivity index (χ3v) is 3.40. The maximum atomic E-state index is 12.1. The molecule has 0 saturated heterocycles. The Morgan fingerprint density at radius 1 is 1.14 bits per heavy atom. The van der Waals surface area contributed by atoms with Crippen LogP contribution in [0.15, 0.2) is 6.33 Å². The van der Waals surface area contributed by atoms with Gasteiger partial charge in [0.05, 0.1) is 0 Å². The molecule has 120 valence electrons. The summed E-state index contributed by atoms with van der Waals surface area (Å²) in [6.07, 6.45) is 2.38. The van der Waals surface area contributed by atoms with Gasteiger partial charge in [0, 0.05) is 24.4 Å². The van der Waals surface area contributed by atoms with Crippen LogP contribution in [0.3, 0.4) is 0 Å². The average molecular weight is 322 g/mol. The Hall–Kier alpha value is -1.18. The Kier molecular flexibility index (Phi) is 7.07. The number of nitrogens with one attached hydrogen (secondary N) is 2. The van der Waals surface area contributed by atoms with Crippen LogP contribution in [0.5, 0.6) is 0 Å². The molecule has 0 aliphatic rings. The molecule has 2 N–H and O–H groups in total. The molecule has 0 aliphatic carbocycles. The highest BCUT2D eigenvalue weighted by Gasteiger charge is 2.27. The molecule has 0 spiro atoms. The number of hydrogen-bond donors (Lipinski definition) is 2. The van der Waals surface area contributed by atoms with Crippen LogP contribution < -0.4 is 10.6 Å². The fourth-order valence-electron chi connectivity index (χ4n) is 1.80. The largest absolute Gasteiger partial charge is 0.441 e. The van der Waals surface area contributed by atoms with Gasteiger partial charge in [0.1, 0.15) is 18.0 Å². The van der Waals surface area contributed by atoms with Crippen molar-refractivity contribution in [3.8, 4) is 0 Å². The Balaban J connectivity index is 2.72. The highest BCUT2D eigenvalue weighted by atomic mass is 32.2. The molecule has 1 rings (SSSR count). The lowest BCUT2D eigenvalue weighted by molar-refractivity contribution is -0.0327. The number of halogens is 3. The van der Waals surface area contributed by atoms with Gasteiger partial charge in [-0.25, -0.2) is 9.97 Å². The van der Waals surface area contributed by atoms with Gasteiger partial charge in [-0.15, -0.1) is 0 Å².